The van der Waals surface area contributed by atoms with Crippen LogP contribution in [0.25, 0.3) is 0 Å². The maximum atomic E-state index is 9.18. The first-order valence-corrected chi connectivity index (χ1v) is 6.14. The standard InChI is InChI=1S/C14H23NO2/c1-11(2)14(10-16)15-9-8-12-4-6-13(17-3)7-5-12/h4-7,11,14-16H,8-10H2,1-3H3. The van der Waals surface area contributed by atoms with Crippen LogP contribution in [0.5, 0.6) is 5.75 Å². The van der Waals surface area contributed by atoms with E-state index in [1.54, 1.807) is 7.11 Å². The van der Waals surface area contributed by atoms with Crippen LogP contribution in [0.1, 0.15) is 19.4 Å². The predicted octanol–water partition coefficient (Wildman–Crippen LogP) is 1.84. The Kier molecular flexibility index (Phi) is 6.01. The normalized spacial score (nSPS) is 12.8. The van der Waals surface area contributed by atoms with E-state index in [0.717, 1.165) is 18.7 Å². The van der Waals surface area contributed by atoms with Crippen molar-refractivity contribution in [3.63, 3.8) is 0 Å². The molecule has 1 atom stereocenters. The van der Waals surface area contributed by atoms with Crippen LogP contribution in [0.4, 0.5) is 0 Å². The van der Waals surface area contributed by atoms with Crippen molar-refractivity contribution in [1.29, 1.82) is 0 Å². The minimum atomic E-state index is 0.188. The number of methoxy groups -OCH3 is 1. The van der Waals surface area contributed by atoms with Crippen LogP contribution in [-0.4, -0.2) is 31.4 Å². The van der Waals surface area contributed by atoms with E-state index in [9.17, 15) is 5.11 Å². The molecule has 0 heterocycles. The second kappa shape index (κ2) is 7.30. The Morgan fingerprint density at radius 3 is 2.35 bits per heavy atom. The van der Waals surface area contributed by atoms with Gasteiger partial charge in [0.15, 0.2) is 0 Å². The first-order valence-electron chi connectivity index (χ1n) is 6.14. The summed E-state index contributed by atoms with van der Waals surface area (Å²) in [7, 11) is 1.67. The molecule has 17 heavy (non-hydrogen) atoms. The van der Waals surface area contributed by atoms with Gasteiger partial charge in [0.2, 0.25) is 0 Å². The van der Waals surface area contributed by atoms with Crippen LogP contribution in [-0.2, 0) is 6.42 Å². The van der Waals surface area contributed by atoms with E-state index < -0.39 is 0 Å². The molecular weight excluding hydrogens is 214 g/mol. The van der Waals surface area contributed by atoms with Crippen molar-refractivity contribution in [3.05, 3.63) is 29.8 Å². The van der Waals surface area contributed by atoms with Gasteiger partial charge in [-0.25, -0.2) is 0 Å². The van der Waals surface area contributed by atoms with Crippen molar-refractivity contribution >= 4 is 0 Å². The fraction of sp³-hybridized carbons (Fsp3) is 0.571. The summed E-state index contributed by atoms with van der Waals surface area (Å²) in [6.07, 6.45) is 0.965. The molecule has 0 fully saturated rings. The Balaban J connectivity index is 2.34. The molecule has 1 aromatic carbocycles. The van der Waals surface area contributed by atoms with Gasteiger partial charge in [0.05, 0.1) is 13.7 Å². The second-order valence-electron chi connectivity index (χ2n) is 4.59. The van der Waals surface area contributed by atoms with E-state index in [1.807, 2.05) is 12.1 Å². The smallest absolute Gasteiger partial charge is 0.118 e. The summed E-state index contributed by atoms with van der Waals surface area (Å²) in [5.41, 5.74) is 1.28. The summed E-state index contributed by atoms with van der Waals surface area (Å²) < 4.78 is 5.11. The lowest BCUT2D eigenvalue weighted by Crippen LogP contribution is -2.38. The molecule has 0 bridgehead atoms. The van der Waals surface area contributed by atoms with Crippen molar-refractivity contribution in [2.24, 2.45) is 5.92 Å². The number of nitrogens with one attached hydrogen (secondary N) is 1. The Labute approximate surface area is 104 Å². The Hall–Kier alpha value is -1.06. The minimum Gasteiger partial charge on any atom is -0.497 e. The first kappa shape index (κ1) is 14.0. The number of ether oxygens (including phenoxy) is 1. The van der Waals surface area contributed by atoms with Crippen molar-refractivity contribution < 1.29 is 9.84 Å². The molecule has 1 rings (SSSR count). The topological polar surface area (TPSA) is 41.5 Å². The third-order valence-electron chi connectivity index (χ3n) is 2.98. The van der Waals surface area contributed by atoms with Crippen LogP contribution in [0.2, 0.25) is 0 Å². The van der Waals surface area contributed by atoms with Crippen LogP contribution in [0.3, 0.4) is 0 Å². The molecule has 0 aliphatic rings. The number of aliphatic hydroxyl groups is 1. The van der Waals surface area contributed by atoms with Gasteiger partial charge in [-0.2, -0.15) is 0 Å². The van der Waals surface area contributed by atoms with Crippen LogP contribution >= 0.6 is 0 Å². The third-order valence-corrected chi connectivity index (χ3v) is 2.98. The SMILES string of the molecule is COc1ccc(CCNC(CO)C(C)C)cc1. The lowest BCUT2D eigenvalue weighted by Gasteiger charge is -2.19. The Morgan fingerprint density at radius 2 is 1.88 bits per heavy atom. The second-order valence-corrected chi connectivity index (χ2v) is 4.59. The van der Waals surface area contributed by atoms with Crippen LogP contribution < -0.4 is 10.1 Å². The van der Waals surface area contributed by atoms with Crippen molar-refractivity contribution in [1.82, 2.24) is 5.32 Å². The van der Waals surface area contributed by atoms with E-state index in [1.165, 1.54) is 5.56 Å². The van der Waals surface area contributed by atoms with Gasteiger partial charge in [-0.05, 0) is 36.6 Å². The Bertz CT molecular complexity index is 309. The fourth-order valence-corrected chi connectivity index (χ4v) is 1.71. The maximum absolute atomic E-state index is 9.18. The highest BCUT2D eigenvalue weighted by Gasteiger charge is 2.10. The quantitative estimate of drug-likeness (QED) is 0.760. The number of rotatable bonds is 7. The molecule has 3 nitrogen and oxygen atoms in total. The molecule has 0 spiro atoms. The van der Waals surface area contributed by atoms with Gasteiger partial charge in [-0.15, -0.1) is 0 Å². The molecule has 0 saturated heterocycles. The summed E-state index contributed by atoms with van der Waals surface area (Å²) in [5, 5.41) is 12.5. The average Bonchev–Trinajstić information content (AvgIpc) is 2.35. The van der Waals surface area contributed by atoms with Crippen molar-refractivity contribution in [2.75, 3.05) is 20.3 Å². The summed E-state index contributed by atoms with van der Waals surface area (Å²) in [6, 6.07) is 8.28. The molecule has 1 aromatic rings. The predicted molar refractivity (Wildman–Crippen MR) is 70.4 cm³/mol. The van der Waals surface area contributed by atoms with Gasteiger partial charge < -0.3 is 15.2 Å². The highest BCUT2D eigenvalue weighted by molar-refractivity contribution is 5.27. The number of aliphatic hydroxyl groups excluding tert-OH is 1. The van der Waals surface area contributed by atoms with Crippen molar-refractivity contribution in [2.45, 2.75) is 26.3 Å². The molecule has 0 aromatic heterocycles. The van der Waals surface area contributed by atoms with E-state index >= 15 is 0 Å². The molecular formula is C14H23NO2. The van der Waals surface area contributed by atoms with E-state index in [2.05, 4.69) is 31.3 Å². The van der Waals surface area contributed by atoms with E-state index in [0.29, 0.717) is 5.92 Å². The van der Waals surface area contributed by atoms with Gasteiger partial charge >= 0.3 is 0 Å². The highest BCUT2D eigenvalue weighted by Crippen LogP contribution is 2.11. The van der Waals surface area contributed by atoms with Crippen LogP contribution in [0, 0.1) is 5.92 Å². The minimum absolute atomic E-state index is 0.188. The Morgan fingerprint density at radius 1 is 1.24 bits per heavy atom. The van der Waals surface area contributed by atoms with Gasteiger partial charge in [0.25, 0.3) is 0 Å². The number of hydrogen-bond donors (Lipinski definition) is 2. The summed E-state index contributed by atoms with van der Waals surface area (Å²) in [5.74, 6) is 1.34. The summed E-state index contributed by atoms with van der Waals surface area (Å²) in [6.45, 7) is 5.30. The van der Waals surface area contributed by atoms with Gasteiger partial charge in [0, 0.05) is 6.04 Å². The average molecular weight is 237 g/mol. The summed E-state index contributed by atoms with van der Waals surface area (Å²) in [4.78, 5) is 0. The fourth-order valence-electron chi connectivity index (χ4n) is 1.71. The zero-order valence-corrected chi connectivity index (χ0v) is 10.9. The molecule has 0 amide bonds. The van der Waals surface area contributed by atoms with Crippen molar-refractivity contribution in [3.8, 4) is 5.75 Å². The molecule has 3 heteroatoms. The van der Waals surface area contributed by atoms with Gasteiger partial charge in [-0.1, -0.05) is 26.0 Å². The summed E-state index contributed by atoms with van der Waals surface area (Å²) >= 11 is 0. The molecule has 0 saturated carbocycles. The lowest BCUT2D eigenvalue weighted by molar-refractivity contribution is 0.212. The third kappa shape index (κ3) is 4.75. The lowest BCUT2D eigenvalue weighted by atomic mass is 10.0. The number of hydrogen-bond acceptors (Lipinski definition) is 3. The highest BCUT2D eigenvalue weighted by atomic mass is 16.5. The largest absolute Gasteiger partial charge is 0.497 e. The number of benzene rings is 1. The van der Waals surface area contributed by atoms with E-state index in [4.69, 9.17) is 4.74 Å². The van der Waals surface area contributed by atoms with E-state index in [-0.39, 0.29) is 12.6 Å². The maximum Gasteiger partial charge on any atom is 0.118 e. The molecule has 96 valence electrons. The van der Waals surface area contributed by atoms with Crippen LogP contribution in [0.15, 0.2) is 24.3 Å². The molecule has 0 aliphatic heterocycles. The van der Waals surface area contributed by atoms with Gasteiger partial charge in [-0.3, -0.25) is 0 Å². The zero-order chi connectivity index (χ0) is 12.7. The molecule has 0 aliphatic carbocycles. The zero-order valence-electron chi connectivity index (χ0n) is 10.9. The molecule has 0 radical (unpaired) electrons. The molecule has 1 unspecified atom stereocenters. The first-order chi connectivity index (χ1) is 8.17. The monoisotopic (exact) mass is 237 g/mol. The van der Waals surface area contributed by atoms with Gasteiger partial charge in [0.1, 0.15) is 5.75 Å². The molecule has 2 N–H and O–H groups in total.